The van der Waals surface area contributed by atoms with E-state index in [0.717, 1.165) is 24.3 Å². The molecular formula is C20H30N3O+. The summed E-state index contributed by atoms with van der Waals surface area (Å²) < 4.78 is 0.617. The van der Waals surface area contributed by atoms with Crippen LogP contribution in [0.1, 0.15) is 65.7 Å². The zero-order valence-corrected chi connectivity index (χ0v) is 15.3. The Labute approximate surface area is 145 Å². The summed E-state index contributed by atoms with van der Waals surface area (Å²) in [6.45, 7) is 7.17. The molecule has 2 aliphatic carbocycles. The second kappa shape index (κ2) is 5.55. The van der Waals surface area contributed by atoms with Crippen molar-refractivity contribution >= 4 is 11.6 Å². The maximum Gasteiger partial charge on any atom is 0.253 e. The minimum Gasteiger partial charge on any atom is -0.346 e. The van der Waals surface area contributed by atoms with E-state index in [2.05, 4.69) is 38.4 Å². The van der Waals surface area contributed by atoms with Gasteiger partial charge in [-0.3, -0.25) is 4.79 Å². The number of nitrogens with one attached hydrogen (secondary N) is 1. The summed E-state index contributed by atoms with van der Waals surface area (Å²) in [6, 6.07) is 0.531. The number of hydrogen-bond acceptors (Lipinski definition) is 2. The van der Waals surface area contributed by atoms with Gasteiger partial charge in [-0.05, 0) is 58.8 Å². The summed E-state index contributed by atoms with van der Waals surface area (Å²) in [5.74, 6) is 0.819. The molecule has 1 amide bonds. The van der Waals surface area contributed by atoms with Crippen molar-refractivity contribution < 1.29 is 9.39 Å². The number of carbonyl (C=O) groups excluding carboxylic acids is 1. The molecule has 4 heteroatoms. The van der Waals surface area contributed by atoms with Crippen LogP contribution in [-0.4, -0.2) is 34.3 Å². The van der Waals surface area contributed by atoms with Crippen LogP contribution in [0.2, 0.25) is 0 Å². The summed E-state index contributed by atoms with van der Waals surface area (Å²) in [5, 5.41) is 8.33. The third kappa shape index (κ3) is 2.65. The predicted molar refractivity (Wildman–Crippen MR) is 96.2 cm³/mol. The monoisotopic (exact) mass is 328 g/mol. The highest BCUT2D eigenvalue weighted by Gasteiger charge is 2.48. The highest BCUT2D eigenvalue weighted by molar-refractivity contribution is 5.96. The van der Waals surface area contributed by atoms with Gasteiger partial charge in [0.05, 0.1) is 11.3 Å². The molecule has 0 spiro atoms. The topological polar surface area (TPSA) is 41.5 Å². The van der Waals surface area contributed by atoms with Crippen LogP contribution in [0.25, 0.3) is 0 Å². The van der Waals surface area contributed by atoms with Crippen molar-refractivity contribution in [2.45, 2.75) is 77.3 Å². The molecule has 130 valence electrons. The molecule has 4 nitrogen and oxygen atoms in total. The van der Waals surface area contributed by atoms with Crippen LogP contribution in [-0.2, 0) is 4.79 Å². The van der Waals surface area contributed by atoms with Crippen LogP contribution in [0.15, 0.2) is 28.5 Å². The number of rotatable bonds is 4. The zero-order valence-electron chi connectivity index (χ0n) is 15.3. The van der Waals surface area contributed by atoms with Crippen LogP contribution in [0, 0.1) is 5.92 Å². The molecule has 1 N–H and O–H groups in total. The molecule has 2 fully saturated rings. The number of carbonyl (C=O) groups is 1. The average molecular weight is 328 g/mol. The van der Waals surface area contributed by atoms with Crippen LogP contribution in [0.5, 0.6) is 0 Å². The zero-order chi connectivity index (χ0) is 16.9. The van der Waals surface area contributed by atoms with Crippen molar-refractivity contribution in [1.29, 1.82) is 0 Å². The fraction of sp³-hybridized carbons (Fsp3) is 0.700. The van der Waals surface area contributed by atoms with Crippen molar-refractivity contribution in [3.63, 3.8) is 0 Å². The van der Waals surface area contributed by atoms with Gasteiger partial charge in [-0.15, -0.1) is 0 Å². The molecular weight excluding hydrogens is 298 g/mol. The molecule has 0 saturated heterocycles. The lowest BCUT2D eigenvalue weighted by molar-refractivity contribution is -0.903. The van der Waals surface area contributed by atoms with E-state index in [0.29, 0.717) is 16.6 Å². The molecule has 2 saturated carbocycles. The van der Waals surface area contributed by atoms with Gasteiger partial charge >= 0.3 is 0 Å². The Morgan fingerprint density at radius 1 is 1.25 bits per heavy atom. The van der Waals surface area contributed by atoms with Gasteiger partial charge in [-0.1, -0.05) is 10.7 Å². The van der Waals surface area contributed by atoms with E-state index in [1.807, 2.05) is 0 Å². The Hall–Kier alpha value is -1.42. The van der Waals surface area contributed by atoms with Gasteiger partial charge in [-0.25, -0.2) is 0 Å². The second-order valence-corrected chi connectivity index (χ2v) is 8.62. The van der Waals surface area contributed by atoms with E-state index in [4.69, 9.17) is 5.10 Å². The Balaban J connectivity index is 1.63. The number of hydrogen-bond donors (Lipinski definition) is 1. The van der Waals surface area contributed by atoms with E-state index < -0.39 is 0 Å². The van der Waals surface area contributed by atoms with Crippen molar-refractivity contribution in [3.05, 3.63) is 23.4 Å². The van der Waals surface area contributed by atoms with Crippen molar-refractivity contribution in [2.75, 3.05) is 6.54 Å². The minimum atomic E-state index is -0.0249. The molecule has 2 heterocycles. The highest BCUT2D eigenvalue weighted by Crippen LogP contribution is 2.45. The van der Waals surface area contributed by atoms with Crippen molar-refractivity contribution in [1.82, 2.24) is 5.32 Å². The van der Waals surface area contributed by atoms with Gasteiger partial charge in [0, 0.05) is 24.5 Å². The van der Waals surface area contributed by atoms with Crippen LogP contribution < -0.4 is 5.32 Å². The van der Waals surface area contributed by atoms with Crippen LogP contribution in [0.4, 0.5) is 0 Å². The van der Waals surface area contributed by atoms with E-state index in [9.17, 15) is 4.79 Å². The molecule has 2 unspecified atom stereocenters. The number of quaternary nitrogens is 1. The molecule has 0 aromatic heterocycles. The molecule has 0 radical (unpaired) electrons. The third-order valence-electron chi connectivity index (χ3n) is 6.59. The van der Waals surface area contributed by atoms with Gasteiger partial charge in [0.2, 0.25) is 0 Å². The van der Waals surface area contributed by atoms with Crippen LogP contribution >= 0.6 is 0 Å². The SMILES string of the molecule is CC1=N[N+](CC2=C(C)CC(C)(C3CC3)NC2=O)(C2CCCC2)C=C1. The first-order chi connectivity index (χ1) is 11.4. The quantitative estimate of drug-likeness (QED) is 0.786. The second-order valence-electron chi connectivity index (χ2n) is 8.62. The predicted octanol–water partition coefficient (Wildman–Crippen LogP) is 3.65. The third-order valence-corrected chi connectivity index (χ3v) is 6.59. The van der Waals surface area contributed by atoms with Gasteiger partial charge in [0.25, 0.3) is 5.91 Å². The van der Waals surface area contributed by atoms with E-state index in [1.54, 1.807) is 0 Å². The number of amides is 1. The maximum absolute atomic E-state index is 12.9. The summed E-state index contributed by atoms with van der Waals surface area (Å²) in [4.78, 5) is 12.9. The Morgan fingerprint density at radius 2 is 1.96 bits per heavy atom. The highest BCUT2D eigenvalue weighted by atomic mass is 16.2. The molecule has 0 bridgehead atoms. The summed E-state index contributed by atoms with van der Waals surface area (Å²) in [5.41, 5.74) is 3.31. The molecule has 24 heavy (non-hydrogen) atoms. The summed E-state index contributed by atoms with van der Waals surface area (Å²) in [6.07, 6.45) is 12.9. The fourth-order valence-corrected chi connectivity index (χ4v) is 5.03. The Bertz CT molecular complexity index is 652. The lowest BCUT2D eigenvalue weighted by Crippen LogP contribution is -2.55. The first-order valence-corrected chi connectivity index (χ1v) is 9.56. The van der Waals surface area contributed by atoms with Gasteiger partial charge < -0.3 is 5.32 Å². The largest absolute Gasteiger partial charge is 0.346 e. The molecule has 2 atom stereocenters. The average Bonchev–Trinajstić information content (AvgIpc) is 3.11. The summed E-state index contributed by atoms with van der Waals surface area (Å²) in [7, 11) is 0. The maximum atomic E-state index is 12.9. The van der Waals surface area contributed by atoms with Crippen molar-refractivity contribution in [3.8, 4) is 0 Å². The Kier molecular flexibility index (Phi) is 3.72. The van der Waals surface area contributed by atoms with Gasteiger partial charge in [-0.2, -0.15) is 4.59 Å². The lowest BCUT2D eigenvalue weighted by Gasteiger charge is -2.39. The Morgan fingerprint density at radius 3 is 2.50 bits per heavy atom. The molecule has 0 aromatic carbocycles. The van der Waals surface area contributed by atoms with Crippen molar-refractivity contribution in [2.24, 2.45) is 11.0 Å². The molecule has 0 aromatic rings. The fourth-order valence-electron chi connectivity index (χ4n) is 5.03. The van der Waals surface area contributed by atoms with E-state index in [-0.39, 0.29) is 11.4 Å². The summed E-state index contributed by atoms with van der Waals surface area (Å²) >= 11 is 0. The van der Waals surface area contributed by atoms with E-state index in [1.165, 1.54) is 44.1 Å². The van der Waals surface area contributed by atoms with Gasteiger partial charge in [0.15, 0.2) is 0 Å². The lowest BCUT2D eigenvalue weighted by atomic mass is 9.82. The first-order valence-electron chi connectivity index (χ1n) is 9.56. The number of allylic oxidation sites excluding steroid dienone is 1. The van der Waals surface area contributed by atoms with Crippen LogP contribution in [0.3, 0.4) is 0 Å². The normalized spacial score (nSPS) is 37.1. The first kappa shape index (κ1) is 16.1. The molecule has 2 aliphatic heterocycles. The van der Waals surface area contributed by atoms with Gasteiger partial charge in [0.1, 0.15) is 18.8 Å². The molecule has 4 aliphatic rings. The standard InChI is InChI=1S/C20H29N3O/c1-14-12-20(3,16-8-9-16)21-19(24)18(14)13-23(11-10-15(2)22-23)17-6-4-5-7-17/h10-11,16-17H,4-9,12-13H2,1-3H3/p+1. The van der Waals surface area contributed by atoms with E-state index >= 15 is 0 Å². The minimum absolute atomic E-state index is 0.0249. The smallest absolute Gasteiger partial charge is 0.253 e. The number of nitrogens with zero attached hydrogens (tertiary/aromatic N) is 2. The molecule has 4 rings (SSSR count).